The summed E-state index contributed by atoms with van der Waals surface area (Å²) in [5, 5.41) is 3.59. The zero-order chi connectivity index (χ0) is 14.4. The Morgan fingerprint density at radius 2 is 1.90 bits per heavy atom. The van der Waals surface area contributed by atoms with E-state index in [1.165, 1.54) is 11.1 Å². The van der Waals surface area contributed by atoms with Crippen molar-refractivity contribution in [3.05, 3.63) is 64.1 Å². The lowest BCUT2D eigenvalue weighted by atomic mass is 10.0. The molecular formula is C17H20BrNO. The summed E-state index contributed by atoms with van der Waals surface area (Å²) in [7, 11) is 1.72. The van der Waals surface area contributed by atoms with Crippen molar-refractivity contribution in [3.8, 4) is 0 Å². The molecule has 0 spiro atoms. The van der Waals surface area contributed by atoms with Crippen LogP contribution in [0.25, 0.3) is 0 Å². The molecule has 3 heteroatoms. The van der Waals surface area contributed by atoms with Crippen molar-refractivity contribution in [3.63, 3.8) is 0 Å². The van der Waals surface area contributed by atoms with Gasteiger partial charge >= 0.3 is 0 Å². The molecule has 2 aromatic carbocycles. The maximum absolute atomic E-state index is 5.18. The number of hydrogen-bond donors (Lipinski definition) is 1. The van der Waals surface area contributed by atoms with E-state index in [-0.39, 0.29) is 0 Å². The van der Waals surface area contributed by atoms with Gasteiger partial charge in [0.25, 0.3) is 0 Å². The second kappa shape index (κ2) is 7.46. The summed E-state index contributed by atoms with van der Waals surface area (Å²) in [5.74, 6) is 0. The third-order valence-corrected chi connectivity index (χ3v) is 3.79. The van der Waals surface area contributed by atoms with Gasteiger partial charge in [-0.1, -0.05) is 47.1 Å². The van der Waals surface area contributed by atoms with E-state index in [0.29, 0.717) is 12.6 Å². The molecule has 0 aliphatic rings. The molecule has 2 aromatic rings. The second-order valence-corrected chi connectivity index (χ2v) is 5.71. The first-order valence-electron chi connectivity index (χ1n) is 6.82. The lowest BCUT2D eigenvalue weighted by molar-refractivity contribution is 0.185. The van der Waals surface area contributed by atoms with E-state index in [4.69, 9.17) is 4.74 Å². The Balaban J connectivity index is 2.13. The molecule has 2 nitrogen and oxygen atoms in total. The van der Waals surface area contributed by atoms with Crippen LogP contribution in [0.3, 0.4) is 0 Å². The molecule has 0 saturated heterocycles. The fourth-order valence-electron chi connectivity index (χ4n) is 2.23. The Labute approximate surface area is 129 Å². The van der Waals surface area contributed by atoms with E-state index in [0.717, 1.165) is 16.6 Å². The molecule has 2 rings (SSSR count). The molecule has 0 bridgehead atoms. The Kier molecular flexibility index (Phi) is 5.62. The van der Waals surface area contributed by atoms with Gasteiger partial charge in [0.15, 0.2) is 0 Å². The highest BCUT2D eigenvalue weighted by Gasteiger charge is 2.09. The van der Waals surface area contributed by atoms with Gasteiger partial charge in [0.2, 0.25) is 0 Å². The van der Waals surface area contributed by atoms with Crippen molar-refractivity contribution < 1.29 is 4.74 Å². The van der Waals surface area contributed by atoms with Gasteiger partial charge in [0.1, 0.15) is 0 Å². The Morgan fingerprint density at radius 3 is 2.55 bits per heavy atom. The SMILES string of the molecule is CCC(Nc1cccc(COC)c1)c1ccc(Br)cc1. The molecule has 0 saturated carbocycles. The predicted octanol–water partition coefficient (Wildman–Crippen LogP) is 5.16. The summed E-state index contributed by atoms with van der Waals surface area (Å²) < 4.78 is 6.29. The lowest BCUT2D eigenvalue weighted by Crippen LogP contribution is -2.09. The minimum absolute atomic E-state index is 0.320. The van der Waals surface area contributed by atoms with Crippen LogP contribution in [-0.2, 0) is 11.3 Å². The molecule has 106 valence electrons. The number of benzene rings is 2. The number of rotatable bonds is 6. The average molecular weight is 334 g/mol. The van der Waals surface area contributed by atoms with E-state index < -0.39 is 0 Å². The Bertz CT molecular complexity index is 539. The molecule has 1 atom stereocenters. The monoisotopic (exact) mass is 333 g/mol. The summed E-state index contributed by atoms with van der Waals surface area (Å²) >= 11 is 3.48. The molecule has 0 aromatic heterocycles. The molecule has 1 N–H and O–H groups in total. The van der Waals surface area contributed by atoms with Crippen LogP contribution in [0.2, 0.25) is 0 Å². The van der Waals surface area contributed by atoms with Crippen LogP contribution in [-0.4, -0.2) is 7.11 Å². The maximum atomic E-state index is 5.18. The van der Waals surface area contributed by atoms with E-state index in [9.17, 15) is 0 Å². The number of halogens is 1. The highest BCUT2D eigenvalue weighted by molar-refractivity contribution is 9.10. The van der Waals surface area contributed by atoms with Gasteiger partial charge in [0, 0.05) is 17.3 Å². The molecule has 20 heavy (non-hydrogen) atoms. The maximum Gasteiger partial charge on any atom is 0.0713 e. The van der Waals surface area contributed by atoms with Crippen molar-refractivity contribution in [1.82, 2.24) is 0 Å². The van der Waals surface area contributed by atoms with Crippen molar-refractivity contribution in [2.45, 2.75) is 26.0 Å². The minimum atomic E-state index is 0.320. The van der Waals surface area contributed by atoms with Gasteiger partial charge < -0.3 is 10.1 Å². The highest BCUT2D eigenvalue weighted by Crippen LogP contribution is 2.24. The van der Waals surface area contributed by atoms with Gasteiger partial charge in [-0.05, 0) is 41.8 Å². The predicted molar refractivity (Wildman–Crippen MR) is 88.0 cm³/mol. The summed E-state index contributed by atoms with van der Waals surface area (Å²) in [5.41, 5.74) is 3.62. The number of anilines is 1. The number of ether oxygens (including phenoxy) is 1. The normalized spacial score (nSPS) is 12.2. The van der Waals surface area contributed by atoms with Crippen LogP contribution in [0.15, 0.2) is 53.0 Å². The van der Waals surface area contributed by atoms with Crippen LogP contribution in [0, 0.1) is 0 Å². The van der Waals surface area contributed by atoms with Gasteiger partial charge in [-0.2, -0.15) is 0 Å². The lowest BCUT2D eigenvalue weighted by Gasteiger charge is -2.19. The van der Waals surface area contributed by atoms with E-state index >= 15 is 0 Å². The van der Waals surface area contributed by atoms with Crippen LogP contribution >= 0.6 is 15.9 Å². The first-order chi connectivity index (χ1) is 9.72. The fraction of sp³-hybridized carbons (Fsp3) is 0.294. The van der Waals surface area contributed by atoms with Gasteiger partial charge in [0.05, 0.1) is 12.6 Å². The molecule has 0 fully saturated rings. The molecule has 0 radical (unpaired) electrons. The van der Waals surface area contributed by atoms with E-state index in [1.807, 2.05) is 0 Å². The van der Waals surface area contributed by atoms with Crippen LogP contribution in [0.4, 0.5) is 5.69 Å². The first kappa shape index (κ1) is 15.1. The summed E-state index contributed by atoms with van der Waals surface area (Å²) in [6, 6.07) is 17.2. The van der Waals surface area contributed by atoms with Gasteiger partial charge in [-0.3, -0.25) is 0 Å². The third-order valence-electron chi connectivity index (χ3n) is 3.26. The fourth-order valence-corrected chi connectivity index (χ4v) is 2.50. The number of methoxy groups -OCH3 is 1. The van der Waals surface area contributed by atoms with Crippen molar-refractivity contribution >= 4 is 21.6 Å². The molecule has 0 amide bonds. The second-order valence-electron chi connectivity index (χ2n) is 4.79. The smallest absolute Gasteiger partial charge is 0.0713 e. The summed E-state index contributed by atoms with van der Waals surface area (Å²) in [6.45, 7) is 2.84. The molecular weight excluding hydrogens is 314 g/mol. The summed E-state index contributed by atoms with van der Waals surface area (Å²) in [4.78, 5) is 0. The van der Waals surface area contributed by atoms with Gasteiger partial charge in [-0.25, -0.2) is 0 Å². The molecule has 0 aliphatic heterocycles. The Morgan fingerprint density at radius 1 is 1.15 bits per heavy atom. The van der Waals surface area contributed by atoms with E-state index in [1.54, 1.807) is 7.11 Å². The largest absolute Gasteiger partial charge is 0.380 e. The zero-order valence-electron chi connectivity index (χ0n) is 11.9. The highest BCUT2D eigenvalue weighted by atomic mass is 79.9. The molecule has 0 heterocycles. The molecule has 0 aliphatic carbocycles. The quantitative estimate of drug-likeness (QED) is 0.788. The zero-order valence-corrected chi connectivity index (χ0v) is 13.5. The standard InChI is InChI=1S/C17H20BrNO/c1-3-17(14-7-9-15(18)10-8-14)19-16-6-4-5-13(11-16)12-20-2/h4-11,17,19H,3,12H2,1-2H3. The number of hydrogen-bond acceptors (Lipinski definition) is 2. The first-order valence-corrected chi connectivity index (χ1v) is 7.62. The number of nitrogens with one attached hydrogen (secondary N) is 1. The van der Waals surface area contributed by atoms with Crippen molar-refractivity contribution in [2.24, 2.45) is 0 Å². The topological polar surface area (TPSA) is 21.3 Å². The average Bonchev–Trinajstić information content (AvgIpc) is 2.47. The van der Waals surface area contributed by atoms with E-state index in [2.05, 4.69) is 76.7 Å². The third kappa shape index (κ3) is 4.09. The van der Waals surface area contributed by atoms with Crippen molar-refractivity contribution in [1.29, 1.82) is 0 Å². The van der Waals surface area contributed by atoms with Crippen LogP contribution in [0.5, 0.6) is 0 Å². The molecule has 1 unspecified atom stereocenters. The summed E-state index contributed by atoms with van der Waals surface area (Å²) in [6.07, 6.45) is 1.04. The van der Waals surface area contributed by atoms with Crippen LogP contribution < -0.4 is 5.32 Å². The minimum Gasteiger partial charge on any atom is -0.380 e. The van der Waals surface area contributed by atoms with Gasteiger partial charge in [-0.15, -0.1) is 0 Å². The Hall–Kier alpha value is -1.32. The van der Waals surface area contributed by atoms with Crippen molar-refractivity contribution in [2.75, 3.05) is 12.4 Å². The van der Waals surface area contributed by atoms with Crippen LogP contribution in [0.1, 0.15) is 30.5 Å².